The third-order valence-corrected chi connectivity index (χ3v) is 10.5. The number of fused-ring (bicyclic) bond motifs is 1. The summed E-state index contributed by atoms with van der Waals surface area (Å²) in [6, 6.07) is 31.0. The summed E-state index contributed by atoms with van der Waals surface area (Å²) in [5.74, 6) is -1.73. The Labute approximate surface area is 310 Å². The maximum Gasteiger partial charge on any atom is 0.262 e. The highest BCUT2D eigenvalue weighted by atomic mass is 16.3. The maximum atomic E-state index is 13.1. The lowest BCUT2D eigenvalue weighted by molar-refractivity contribution is -0.136. The van der Waals surface area contributed by atoms with Crippen LogP contribution in [-0.4, -0.2) is 83.8 Å². The van der Waals surface area contributed by atoms with Gasteiger partial charge in [-0.3, -0.25) is 34.3 Å². The fourth-order valence-electron chi connectivity index (χ4n) is 7.65. The first-order chi connectivity index (χ1) is 25.8. The second kappa shape index (κ2) is 15.9. The molecule has 0 radical (unpaired) electrons. The number of carbonyl (C=O) groups excluding carboxylic acids is 4. The number of nitrogens with one attached hydrogen (secondary N) is 2. The summed E-state index contributed by atoms with van der Waals surface area (Å²) in [6.45, 7) is 7.83. The van der Waals surface area contributed by atoms with Crippen LogP contribution in [0.15, 0.2) is 97.1 Å². The molecule has 272 valence electrons. The summed E-state index contributed by atoms with van der Waals surface area (Å²) in [5.41, 5.74) is 8.42. The summed E-state index contributed by atoms with van der Waals surface area (Å²) in [4.78, 5) is 55.9. The SMILES string of the molecule is CC/C(=C(\c1ccc(O)cc1)c1ccc(N2CCN(CCCCNc3ccc4c(c3)C(=O)N(C3CCC(=O)NC3=O)C4=O)CC2)cc1)c1ccccc1. The number of phenols is 1. The number of aromatic hydroxyl groups is 1. The zero-order valence-corrected chi connectivity index (χ0v) is 30.0. The number of benzene rings is 4. The highest BCUT2D eigenvalue weighted by Crippen LogP contribution is 2.36. The van der Waals surface area contributed by atoms with Gasteiger partial charge in [0.25, 0.3) is 11.8 Å². The molecule has 4 aromatic rings. The molecule has 1 unspecified atom stereocenters. The maximum absolute atomic E-state index is 13.1. The van der Waals surface area contributed by atoms with E-state index in [-0.39, 0.29) is 29.7 Å². The topological polar surface area (TPSA) is 122 Å². The van der Waals surface area contributed by atoms with Gasteiger partial charge in [0.1, 0.15) is 11.8 Å². The Kier molecular flexibility index (Phi) is 10.7. The Morgan fingerprint density at radius 2 is 1.45 bits per heavy atom. The van der Waals surface area contributed by atoms with E-state index >= 15 is 0 Å². The lowest BCUT2D eigenvalue weighted by Crippen LogP contribution is -2.54. The van der Waals surface area contributed by atoms with Gasteiger partial charge in [0.2, 0.25) is 11.8 Å². The van der Waals surface area contributed by atoms with Gasteiger partial charge in [0.15, 0.2) is 0 Å². The third-order valence-electron chi connectivity index (χ3n) is 10.5. The molecule has 4 aromatic carbocycles. The Morgan fingerprint density at radius 1 is 0.774 bits per heavy atom. The zero-order valence-electron chi connectivity index (χ0n) is 30.0. The molecule has 2 saturated heterocycles. The molecule has 3 aliphatic heterocycles. The fraction of sp³-hybridized carbons (Fsp3) is 0.302. The molecule has 0 aromatic heterocycles. The lowest BCUT2D eigenvalue weighted by Gasteiger charge is -2.36. The molecule has 3 aliphatic rings. The number of imide groups is 2. The normalized spacial score (nSPS) is 18.2. The van der Waals surface area contributed by atoms with E-state index < -0.39 is 29.7 Å². The fourth-order valence-corrected chi connectivity index (χ4v) is 7.65. The van der Waals surface area contributed by atoms with Crippen LogP contribution in [-0.2, 0) is 9.59 Å². The Bertz CT molecular complexity index is 2020. The van der Waals surface area contributed by atoms with Gasteiger partial charge in [-0.15, -0.1) is 0 Å². The largest absolute Gasteiger partial charge is 0.508 e. The van der Waals surface area contributed by atoms with Crippen molar-refractivity contribution in [1.82, 2.24) is 15.1 Å². The molecule has 7 rings (SSSR count). The molecule has 0 aliphatic carbocycles. The first kappa shape index (κ1) is 35.7. The first-order valence-corrected chi connectivity index (χ1v) is 18.6. The quantitative estimate of drug-likeness (QED) is 0.0906. The van der Waals surface area contributed by atoms with E-state index in [9.17, 15) is 24.3 Å². The Hall–Kier alpha value is -5.74. The molecule has 10 heteroatoms. The molecule has 0 bridgehead atoms. The van der Waals surface area contributed by atoms with Crippen molar-refractivity contribution in [2.24, 2.45) is 0 Å². The minimum absolute atomic E-state index is 0.0956. The van der Waals surface area contributed by atoms with Crippen LogP contribution in [0.2, 0.25) is 0 Å². The number of anilines is 2. The number of phenolic OH excluding ortho intramolecular Hbond substituents is 1. The zero-order chi connectivity index (χ0) is 36.9. The van der Waals surface area contributed by atoms with Gasteiger partial charge in [-0.25, -0.2) is 0 Å². The number of hydrogen-bond donors (Lipinski definition) is 3. The predicted molar refractivity (Wildman–Crippen MR) is 207 cm³/mol. The number of piperidine rings is 1. The molecule has 4 amide bonds. The van der Waals surface area contributed by atoms with Crippen LogP contribution in [0.4, 0.5) is 11.4 Å². The van der Waals surface area contributed by atoms with Crippen LogP contribution < -0.4 is 15.5 Å². The second-order valence-electron chi connectivity index (χ2n) is 13.8. The molecule has 10 nitrogen and oxygen atoms in total. The Balaban J connectivity index is 0.895. The highest BCUT2D eigenvalue weighted by molar-refractivity contribution is 6.23. The summed E-state index contributed by atoms with van der Waals surface area (Å²) < 4.78 is 0. The number of piperazine rings is 1. The van der Waals surface area contributed by atoms with Crippen LogP contribution in [0, 0.1) is 0 Å². The summed E-state index contributed by atoms with van der Waals surface area (Å²) >= 11 is 0. The van der Waals surface area contributed by atoms with Crippen molar-refractivity contribution < 1.29 is 24.3 Å². The van der Waals surface area contributed by atoms with E-state index in [0.29, 0.717) is 0 Å². The highest BCUT2D eigenvalue weighted by Gasteiger charge is 2.44. The minimum Gasteiger partial charge on any atom is -0.508 e. The number of allylic oxidation sites excluding steroid dienone is 1. The van der Waals surface area contributed by atoms with Gasteiger partial charge < -0.3 is 15.3 Å². The number of carbonyl (C=O) groups is 4. The Morgan fingerprint density at radius 3 is 2.13 bits per heavy atom. The summed E-state index contributed by atoms with van der Waals surface area (Å²) in [5, 5.41) is 15.6. The second-order valence-corrected chi connectivity index (χ2v) is 13.8. The number of amides is 4. The van der Waals surface area contributed by atoms with Gasteiger partial charge in [-0.2, -0.15) is 0 Å². The van der Waals surface area contributed by atoms with Crippen molar-refractivity contribution in [3.8, 4) is 5.75 Å². The van der Waals surface area contributed by atoms with Crippen molar-refractivity contribution in [3.63, 3.8) is 0 Å². The van der Waals surface area contributed by atoms with Gasteiger partial charge >= 0.3 is 0 Å². The average Bonchev–Trinajstić information content (AvgIpc) is 3.42. The monoisotopic (exact) mass is 711 g/mol. The molecule has 0 spiro atoms. The number of unbranched alkanes of at least 4 members (excludes halogenated alkanes) is 1. The number of rotatable bonds is 12. The van der Waals surface area contributed by atoms with E-state index in [2.05, 4.69) is 75.9 Å². The smallest absolute Gasteiger partial charge is 0.262 e. The van der Waals surface area contributed by atoms with Gasteiger partial charge in [0, 0.05) is 50.5 Å². The van der Waals surface area contributed by atoms with Crippen LogP contribution in [0.1, 0.15) is 76.4 Å². The number of nitrogens with zero attached hydrogens (tertiary/aromatic N) is 3. The van der Waals surface area contributed by atoms with Gasteiger partial charge in [0.05, 0.1) is 11.1 Å². The average molecular weight is 712 g/mol. The van der Waals surface area contributed by atoms with Crippen molar-refractivity contribution in [2.45, 2.75) is 45.1 Å². The molecule has 1 atom stereocenters. The van der Waals surface area contributed by atoms with Crippen LogP contribution >= 0.6 is 0 Å². The molecule has 0 saturated carbocycles. The lowest BCUT2D eigenvalue weighted by atomic mass is 9.88. The van der Waals surface area contributed by atoms with Crippen molar-refractivity contribution in [3.05, 3.63) is 125 Å². The predicted octanol–water partition coefficient (Wildman–Crippen LogP) is 6.18. The van der Waals surface area contributed by atoms with Gasteiger partial charge in [-0.1, -0.05) is 61.5 Å². The first-order valence-electron chi connectivity index (χ1n) is 18.6. The molecule has 53 heavy (non-hydrogen) atoms. The summed E-state index contributed by atoms with van der Waals surface area (Å²) in [7, 11) is 0. The molecule has 2 fully saturated rings. The molecular formula is C43H45N5O5. The van der Waals surface area contributed by atoms with E-state index in [4.69, 9.17) is 0 Å². The van der Waals surface area contributed by atoms with Crippen molar-refractivity contribution in [1.29, 1.82) is 0 Å². The molecule has 3 N–H and O–H groups in total. The van der Waals surface area contributed by atoms with E-state index in [1.165, 1.54) is 22.4 Å². The standard InChI is InChI=1S/C43H45N5O5/c1-2-35(29-8-4-3-5-9-29)40(31-12-17-34(49)18-13-31)30-10-15-33(16-11-30)47-26-24-46(25-27-47)23-7-6-22-44-32-14-19-36-37(28-32)43(53)48(42(36)52)38-20-21-39(50)45-41(38)51/h3-5,8-19,28,38,44,49H,2,6-7,20-27H2,1H3,(H,45,50,51)/b40-35+. The van der Waals surface area contributed by atoms with Crippen molar-refractivity contribution in [2.75, 3.05) is 49.5 Å². The minimum atomic E-state index is -0.966. The van der Waals surface area contributed by atoms with E-state index in [1.807, 2.05) is 18.2 Å². The third kappa shape index (κ3) is 7.73. The van der Waals surface area contributed by atoms with E-state index in [0.717, 1.165) is 80.2 Å². The molecule has 3 heterocycles. The van der Waals surface area contributed by atoms with Crippen LogP contribution in [0.5, 0.6) is 5.75 Å². The van der Waals surface area contributed by atoms with Gasteiger partial charge in [-0.05, 0) is 103 Å². The number of hydrogen-bond acceptors (Lipinski definition) is 8. The van der Waals surface area contributed by atoms with Crippen LogP contribution in [0.3, 0.4) is 0 Å². The molecular weight excluding hydrogens is 667 g/mol. The van der Waals surface area contributed by atoms with Crippen molar-refractivity contribution >= 4 is 46.1 Å². The van der Waals surface area contributed by atoms with Crippen LogP contribution in [0.25, 0.3) is 11.1 Å². The summed E-state index contributed by atoms with van der Waals surface area (Å²) in [6.07, 6.45) is 3.09. The van der Waals surface area contributed by atoms with E-state index in [1.54, 1.807) is 30.3 Å².